The molecule has 0 aromatic carbocycles. The molecule has 1 N–H and O–H groups in total. The highest BCUT2D eigenvalue weighted by molar-refractivity contribution is 7.10. The summed E-state index contributed by atoms with van der Waals surface area (Å²) in [6.07, 6.45) is 7.09. The molecule has 0 spiro atoms. The number of nitrogens with zero attached hydrogens (tertiary/aromatic N) is 1. The molecule has 1 saturated heterocycles. The predicted octanol–water partition coefficient (Wildman–Crippen LogP) is 4.22. The second-order valence-electron chi connectivity index (χ2n) is 6.24. The van der Waals surface area contributed by atoms with Gasteiger partial charge in [0.2, 0.25) is 5.91 Å². The number of hydrogen-bond acceptors (Lipinski definition) is 3. The first-order chi connectivity index (χ1) is 10.8. The van der Waals surface area contributed by atoms with E-state index < -0.39 is 0 Å². The predicted molar refractivity (Wildman–Crippen MR) is 94.2 cm³/mol. The van der Waals surface area contributed by atoms with E-state index in [2.05, 4.69) is 41.6 Å². The fourth-order valence-electron chi connectivity index (χ4n) is 3.30. The molecule has 1 aliphatic heterocycles. The second-order valence-corrected chi connectivity index (χ2v) is 7.22. The van der Waals surface area contributed by atoms with Crippen molar-refractivity contribution in [2.24, 2.45) is 5.92 Å². The van der Waals surface area contributed by atoms with E-state index >= 15 is 0 Å². The third kappa shape index (κ3) is 4.82. The monoisotopic (exact) mass is 322 g/mol. The number of rotatable bonds is 7. The number of nitrogens with one attached hydrogen (secondary N) is 1. The zero-order chi connectivity index (χ0) is 15.8. The molecule has 22 heavy (non-hydrogen) atoms. The van der Waals surface area contributed by atoms with Crippen LogP contribution in [0.4, 0.5) is 0 Å². The molecular formula is C18H30N2OS. The van der Waals surface area contributed by atoms with Gasteiger partial charge >= 0.3 is 0 Å². The van der Waals surface area contributed by atoms with Crippen LogP contribution in [-0.2, 0) is 4.79 Å². The van der Waals surface area contributed by atoms with Gasteiger partial charge in [0, 0.05) is 17.3 Å². The lowest BCUT2D eigenvalue weighted by molar-refractivity contribution is -0.125. The molecule has 4 heteroatoms. The SMILES string of the molecule is CCC(CC)C(=O)NC[C@@H](c1cccs1)N1CCCCCC1. The second kappa shape index (κ2) is 9.31. The first-order valence-corrected chi connectivity index (χ1v) is 9.69. The molecule has 1 amide bonds. The number of amides is 1. The molecule has 124 valence electrons. The molecule has 0 bridgehead atoms. The molecule has 0 unspecified atom stereocenters. The van der Waals surface area contributed by atoms with Crippen LogP contribution in [0.3, 0.4) is 0 Å². The fourth-order valence-corrected chi connectivity index (χ4v) is 4.16. The number of carbonyl (C=O) groups excluding carboxylic acids is 1. The summed E-state index contributed by atoms with van der Waals surface area (Å²) in [5.41, 5.74) is 0. The maximum atomic E-state index is 12.3. The van der Waals surface area contributed by atoms with Gasteiger partial charge in [-0.05, 0) is 50.2 Å². The minimum atomic E-state index is 0.160. The van der Waals surface area contributed by atoms with Crippen molar-refractivity contribution < 1.29 is 4.79 Å². The average molecular weight is 323 g/mol. The van der Waals surface area contributed by atoms with Crippen molar-refractivity contribution in [1.82, 2.24) is 10.2 Å². The van der Waals surface area contributed by atoms with Crippen molar-refractivity contribution >= 4 is 17.2 Å². The van der Waals surface area contributed by atoms with Crippen LogP contribution in [0.25, 0.3) is 0 Å². The Labute approximate surface area is 139 Å². The molecule has 1 atom stereocenters. The first kappa shape index (κ1) is 17.5. The summed E-state index contributed by atoms with van der Waals surface area (Å²) >= 11 is 1.81. The summed E-state index contributed by atoms with van der Waals surface area (Å²) in [5.74, 6) is 0.384. The van der Waals surface area contributed by atoms with E-state index in [1.54, 1.807) is 0 Å². The lowest BCUT2D eigenvalue weighted by Crippen LogP contribution is -2.40. The van der Waals surface area contributed by atoms with Crippen LogP contribution >= 0.6 is 11.3 Å². The highest BCUT2D eigenvalue weighted by Crippen LogP contribution is 2.27. The summed E-state index contributed by atoms with van der Waals surface area (Å²) in [7, 11) is 0. The van der Waals surface area contributed by atoms with E-state index in [0.29, 0.717) is 6.04 Å². The van der Waals surface area contributed by atoms with Crippen molar-refractivity contribution in [1.29, 1.82) is 0 Å². The number of likely N-dealkylation sites (tertiary alicyclic amines) is 1. The molecule has 1 aliphatic rings. The number of carbonyl (C=O) groups is 1. The minimum Gasteiger partial charge on any atom is -0.354 e. The molecular weight excluding hydrogens is 292 g/mol. The van der Waals surface area contributed by atoms with Gasteiger partial charge in [0.25, 0.3) is 0 Å². The summed E-state index contributed by atoms with van der Waals surface area (Å²) in [5, 5.41) is 5.36. The Hall–Kier alpha value is -0.870. The summed E-state index contributed by atoms with van der Waals surface area (Å²) in [6.45, 7) is 7.25. The van der Waals surface area contributed by atoms with Crippen LogP contribution in [0.1, 0.15) is 63.3 Å². The fraction of sp³-hybridized carbons (Fsp3) is 0.722. The Kier molecular flexibility index (Phi) is 7.40. The Morgan fingerprint density at radius 3 is 2.45 bits per heavy atom. The highest BCUT2D eigenvalue weighted by Gasteiger charge is 2.24. The molecule has 2 rings (SSSR count). The van der Waals surface area contributed by atoms with Crippen LogP contribution in [0.5, 0.6) is 0 Å². The Balaban J connectivity index is 2.00. The van der Waals surface area contributed by atoms with Crippen molar-refractivity contribution in [3.63, 3.8) is 0 Å². The maximum absolute atomic E-state index is 12.3. The standard InChI is InChI=1S/C18H30N2OS/c1-3-15(4-2)18(21)19-14-16(17-10-9-13-22-17)20-11-7-5-6-8-12-20/h9-10,13,15-16H,3-8,11-12,14H2,1-2H3,(H,19,21)/t16-/m0/s1. The molecule has 1 fully saturated rings. The summed E-state index contributed by atoms with van der Waals surface area (Å²) in [6, 6.07) is 4.67. The van der Waals surface area contributed by atoms with Crippen molar-refractivity contribution in [3.05, 3.63) is 22.4 Å². The van der Waals surface area contributed by atoms with Crippen molar-refractivity contribution in [3.8, 4) is 0 Å². The maximum Gasteiger partial charge on any atom is 0.223 e. The van der Waals surface area contributed by atoms with Gasteiger partial charge in [0.15, 0.2) is 0 Å². The topological polar surface area (TPSA) is 32.3 Å². The van der Waals surface area contributed by atoms with Gasteiger partial charge in [-0.2, -0.15) is 0 Å². The van der Waals surface area contributed by atoms with Crippen molar-refractivity contribution in [2.45, 2.75) is 58.4 Å². The van der Waals surface area contributed by atoms with E-state index in [-0.39, 0.29) is 11.8 Å². The van der Waals surface area contributed by atoms with Crippen LogP contribution in [0.2, 0.25) is 0 Å². The quantitative estimate of drug-likeness (QED) is 0.815. The van der Waals surface area contributed by atoms with Gasteiger partial charge in [-0.3, -0.25) is 9.69 Å². The summed E-state index contributed by atoms with van der Waals surface area (Å²) in [4.78, 5) is 16.3. The Morgan fingerprint density at radius 1 is 1.23 bits per heavy atom. The van der Waals surface area contributed by atoms with Crippen LogP contribution in [-0.4, -0.2) is 30.4 Å². The van der Waals surface area contributed by atoms with Gasteiger partial charge in [-0.1, -0.05) is 32.8 Å². The van der Waals surface area contributed by atoms with Gasteiger partial charge in [0.1, 0.15) is 0 Å². The lowest BCUT2D eigenvalue weighted by atomic mass is 10.0. The molecule has 1 aromatic heterocycles. The third-order valence-electron chi connectivity index (χ3n) is 4.78. The zero-order valence-electron chi connectivity index (χ0n) is 14.0. The van der Waals surface area contributed by atoms with Gasteiger partial charge in [-0.25, -0.2) is 0 Å². The largest absolute Gasteiger partial charge is 0.354 e. The first-order valence-electron chi connectivity index (χ1n) is 8.81. The van der Waals surface area contributed by atoms with Crippen LogP contribution in [0, 0.1) is 5.92 Å². The van der Waals surface area contributed by atoms with E-state index in [1.165, 1.54) is 30.6 Å². The number of thiophene rings is 1. The van der Waals surface area contributed by atoms with E-state index in [1.807, 2.05) is 11.3 Å². The lowest BCUT2D eigenvalue weighted by Gasteiger charge is -2.30. The van der Waals surface area contributed by atoms with E-state index in [0.717, 1.165) is 32.5 Å². The molecule has 1 aromatic rings. The van der Waals surface area contributed by atoms with Crippen molar-refractivity contribution in [2.75, 3.05) is 19.6 Å². The summed E-state index contributed by atoms with van der Waals surface area (Å²) < 4.78 is 0. The normalized spacial score (nSPS) is 18.1. The number of hydrogen-bond donors (Lipinski definition) is 1. The van der Waals surface area contributed by atoms with E-state index in [9.17, 15) is 4.79 Å². The van der Waals surface area contributed by atoms with Gasteiger partial charge in [-0.15, -0.1) is 11.3 Å². The zero-order valence-corrected chi connectivity index (χ0v) is 14.8. The Morgan fingerprint density at radius 2 is 1.91 bits per heavy atom. The van der Waals surface area contributed by atoms with Gasteiger partial charge < -0.3 is 5.32 Å². The minimum absolute atomic E-state index is 0.160. The smallest absolute Gasteiger partial charge is 0.223 e. The average Bonchev–Trinajstić information content (AvgIpc) is 2.92. The van der Waals surface area contributed by atoms with E-state index in [4.69, 9.17) is 0 Å². The van der Waals surface area contributed by atoms with Crippen LogP contribution < -0.4 is 5.32 Å². The molecule has 0 aliphatic carbocycles. The molecule has 3 nitrogen and oxygen atoms in total. The van der Waals surface area contributed by atoms with Crippen LogP contribution in [0.15, 0.2) is 17.5 Å². The molecule has 2 heterocycles. The Bertz CT molecular complexity index is 420. The van der Waals surface area contributed by atoms with Gasteiger partial charge in [0.05, 0.1) is 6.04 Å². The highest BCUT2D eigenvalue weighted by atomic mass is 32.1. The third-order valence-corrected chi connectivity index (χ3v) is 5.75. The molecule has 0 radical (unpaired) electrons. The molecule has 0 saturated carbocycles.